The van der Waals surface area contributed by atoms with Crippen LogP contribution in [-0.2, 0) is 0 Å². The van der Waals surface area contributed by atoms with E-state index in [1.807, 2.05) is 6.07 Å². The van der Waals surface area contributed by atoms with Crippen LogP contribution in [-0.4, -0.2) is 42.9 Å². The lowest BCUT2D eigenvalue weighted by Gasteiger charge is -2.33. The molecule has 1 fully saturated rings. The van der Waals surface area contributed by atoms with Crippen LogP contribution >= 0.6 is 24.8 Å². The number of hydrogen-bond donors (Lipinski definition) is 2. The van der Waals surface area contributed by atoms with Gasteiger partial charge in [0.25, 0.3) is 0 Å². The highest BCUT2D eigenvalue weighted by molar-refractivity contribution is 5.85. The number of alkyl halides is 1. The fourth-order valence-electron chi connectivity index (χ4n) is 2.14. The molecular weight excluding hydrogens is 278 g/mol. The second-order valence-electron chi connectivity index (χ2n) is 4.01. The summed E-state index contributed by atoms with van der Waals surface area (Å²) in [5, 5.41) is 13.0. The van der Waals surface area contributed by atoms with Crippen molar-refractivity contribution in [1.82, 2.24) is 10.2 Å². The number of aromatic hydroxyl groups is 1. The van der Waals surface area contributed by atoms with Gasteiger partial charge in [-0.2, -0.15) is 0 Å². The lowest BCUT2D eigenvalue weighted by atomic mass is 10.0. The molecule has 0 radical (unpaired) electrons. The number of nitrogens with one attached hydrogen (secondary N) is 1. The molecule has 0 bridgehead atoms. The van der Waals surface area contributed by atoms with Crippen molar-refractivity contribution in [2.45, 2.75) is 6.04 Å². The summed E-state index contributed by atoms with van der Waals surface area (Å²) in [7, 11) is 0. The minimum Gasteiger partial charge on any atom is -0.508 e. The number of benzene rings is 1. The molecular formula is C12H19Cl2FN2O. The van der Waals surface area contributed by atoms with Crippen LogP contribution in [0.2, 0.25) is 0 Å². The number of piperazine rings is 1. The number of hydrogen-bond acceptors (Lipinski definition) is 3. The summed E-state index contributed by atoms with van der Waals surface area (Å²) in [5.74, 6) is 0.184. The zero-order valence-corrected chi connectivity index (χ0v) is 11.6. The molecule has 104 valence electrons. The molecule has 2 rings (SSSR count). The van der Waals surface area contributed by atoms with Gasteiger partial charge in [-0.25, -0.2) is 4.39 Å². The van der Waals surface area contributed by atoms with Crippen molar-refractivity contribution in [3.05, 3.63) is 29.8 Å². The summed E-state index contributed by atoms with van der Waals surface area (Å²) in [6.07, 6.45) is 0. The average molecular weight is 297 g/mol. The third-order valence-corrected chi connectivity index (χ3v) is 3.03. The Balaban J connectivity index is 0.00000144. The topological polar surface area (TPSA) is 35.5 Å². The van der Waals surface area contributed by atoms with Crippen molar-refractivity contribution < 1.29 is 9.50 Å². The van der Waals surface area contributed by atoms with E-state index in [-0.39, 0.29) is 36.6 Å². The Labute approximate surface area is 119 Å². The minimum absolute atomic E-state index is 0. The van der Waals surface area contributed by atoms with Gasteiger partial charge in [-0.1, -0.05) is 18.2 Å². The van der Waals surface area contributed by atoms with Gasteiger partial charge in [-0.15, -0.1) is 24.8 Å². The van der Waals surface area contributed by atoms with Crippen LogP contribution in [0.3, 0.4) is 0 Å². The van der Waals surface area contributed by atoms with Crippen LogP contribution in [0, 0.1) is 0 Å². The first-order chi connectivity index (χ1) is 7.83. The molecule has 1 atom stereocenters. The smallest absolute Gasteiger partial charge is 0.120 e. The zero-order valence-electron chi connectivity index (χ0n) is 10.0. The van der Waals surface area contributed by atoms with Crippen LogP contribution in [0.15, 0.2) is 24.3 Å². The molecule has 1 aliphatic heterocycles. The standard InChI is InChI=1S/C12H17FN2O.2ClH/c13-9-11(15-7-5-14-6-8-15)10-3-1-2-4-12(10)16;;/h1-4,11,14,16H,5-9H2;2*1H/t11-;;/m0../s1. The minimum atomic E-state index is -0.461. The van der Waals surface area contributed by atoms with E-state index in [4.69, 9.17) is 0 Å². The molecule has 2 N–H and O–H groups in total. The largest absolute Gasteiger partial charge is 0.508 e. The second-order valence-corrected chi connectivity index (χ2v) is 4.01. The highest BCUT2D eigenvalue weighted by atomic mass is 35.5. The molecule has 1 aliphatic rings. The maximum atomic E-state index is 13.1. The summed E-state index contributed by atoms with van der Waals surface area (Å²) >= 11 is 0. The van der Waals surface area contributed by atoms with Crippen LogP contribution in [0.4, 0.5) is 4.39 Å². The molecule has 1 aromatic carbocycles. The van der Waals surface area contributed by atoms with Crippen LogP contribution < -0.4 is 5.32 Å². The average Bonchev–Trinajstić information content (AvgIpc) is 2.34. The van der Waals surface area contributed by atoms with Crippen molar-refractivity contribution in [2.24, 2.45) is 0 Å². The van der Waals surface area contributed by atoms with E-state index in [1.165, 1.54) is 0 Å². The lowest BCUT2D eigenvalue weighted by molar-refractivity contribution is 0.145. The molecule has 0 unspecified atom stereocenters. The third kappa shape index (κ3) is 3.99. The predicted octanol–water partition coefficient (Wildman–Crippen LogP) is 2.15. The quantitative estimate of drug-likeness (QED) is 0.897. The number of phenolic OH excluding ortho intramolecular Hbond substituents is 1. The van der Waals surface area contributed by atoms with Gasteiger partial charge in [0.2, 0.25) is 0 Å². The summed E-state index contributed by atoms with van der Waals surface area (Å²) in [6, 6.07) is 6.68. The molecule has 0 aromatic heterocycles. The highest BCUT2D eigenvalue weighted by Crippen LogP contribution is 2.28. The second kappa shape index (κ2) is 8.53. The van der Waals surface area contributed by atoms with Gasteiger partial charge in [-0.3, -0.25) is 4.90 Å². The van der Waals surface area contributed by atoms with Crippen LogP contribution in [0.5, 0.6) is 5.75 Å². The normalized spacial score (nSPS) is 17.4. The molecule has 18 heavy (non-hydrogen) atoms. The number of phenols is 1. The highest BCUT2D eigenvalue weighted by Gasteiger charge is 2.23. The molecule has 0 aliphatic carbocycles. The zero-order chi connectivity index (χ0) is 11.4. The summed E-state index contributed by atoms with van der Waals surface area (Å²) in [4.78, 5) is 2.07. The van der Waals surface area contributed by atoms with Crippen LogP contribution in [0.1, 0.15) is 11.6 Å². The van der Waals surface area contributed by atoms with Gasteiger partial charge < -0.3 is 10.4 Å². The van der Waals surface area contributed by atoms with Gasteiger partial charge in [0.05, 0.1) is 6.04 Å². The van der Waals surface area contributed by atoms with Crippen molar-refractivity contribution in [2.75, 3.05) is 32.9 Å². The Morgan fingerprint density at radius 3 is 2.39 bits per heavy atom. The van der Waals surface area contributed by atoms with Gasteiger partial charge >= 0.3 is 0 Å². The van der Waals surface area contributed by atoms with E-state index in [9.17, 15) is 9.50 Å². The number of halogens is 3. The van der Waals surface area contributed by atoms with Gasteiger partial charge in [-0.05, 0) is 6.07 Å². The Hall–Kier alpha value is -0.550. The van der Waals surface area contributed by atoms with Crippen molar-refractivity contribution >= 4 is 24.8 Å². The fourth-order valence-corrected chi connectivity index (χ4v) is 2.14. The maximum Gasteiger partial charge on any atom is 0.120 e. The van der Waals surface area contributed by atoms with E-state index in [2.05, 4.69) is 10.2 Å². The van der Waals surface area contributed by atoms with Gasteiger partial charge in [0.15, 0.2) is 0 Å². The molecule has 1 aromatic rings. The molecule has 0 saturated carbocycles. The fraction of sp³-hybridized carbons (Fsp3) is 0.500. The number of nitrogens with zero attached hydrogens (tertiary/aromatic N) is 1. The molecule has 0 spiro atoms. The van der Waals surface area contributed by atoms with Crippen molar-refractivity contribution in [3.8, 4) is 5.75 Å². The van der Waals surface area contributed by atoms with Crippen molar-refractivity contribution in [3.63, 3.8) is 0 Å². The lowest BCUT2D eigenvalue weighted by Crippen LogP contribution is -2.45. The Bertz CT molecular complexity index is 349. The molecule has 1 heterocycles. The Kier molecular flexibility index (Phi) is 8.27. The maximum absolute atomic E-state index is 13.1. The molecule has 0 amide bonds. The summed E-state index contributed by atoms with van der Waals surface area (Å²) in [5.41, 5.74) is 0.687. The monoisotopic (exact) mass is 296 g/mol. The first kappa shape index (κ1) is 17.4. The Morgan fingerprint density at radius 1 is 1.22 bits per heavy atom. The third-order valence-electron chi connectivity index (χ3n) is 3.03. The van der Waals surface area contributed by atoms with E-state index in [0.29, 0.717) is 5.56 Å². The first-order valence-corrected chi connectivity index (χ1v) is 5.61. The molecule has 3 nitrogen and oxygen atoms in total. The summed E-state index contributed by atoms with van der Waals surface area (Å²) in [6.45, 7) is 2.94. The number of para-hydroxylation sites is 1. The van der Waals surface area contributed by atoms with Crippen LogP contribution in [0.25, 0.3) is 0 Å². The summed E-state index contributed by atoms with van der Waals surface area (Å²) < 4.78 is 13.1. The predicted molar refractivity (Wildman–Crippen MR) is 75.8 cm³/mol. The van der Waals surface area contributed by atoms with Gasteiger partial charge in [0.1, 0.15) is 12.4 Å². The Morgan fingerprint density at radius 2 is 1.83 bits per heavy atom. The SMILES string of the molecule is Cl.Cl.Oc1ccccc1[C@H](CF)N1CCNCC1. The van der Waals surface area contributed by atoms with E-state index in [0.717, 1.165) is 26.2 Å². The van der Waals surface area contributed by atoms with E-state index >= 15 is 0 Å². The first-order valence-electron chi connectivity index (χ1n) is 5.61. The molecule has 1 saturated heterocycles. The van der Waals surface area contributed by atoms with E-state index < -0.39 is 6.67 Å². The van der Waals surface area contributed by atoms with Crippen molar-refractivity contribution in [1.29, 1.82) is 0 Å². The van der Waals surface area contributed by atoms with Gasteiger partial charge in [0, 0.05) is 31.7 Å². The van der Waals surface area contributed by atoms with E-state index in [1.54, 1.807) is 18.2 Å². The molecule has 6 heteroatoms. The number of rotatable bonds is 3.